The van der Waals surface area contributed by atoms with E-state index in [0.29, 0.717) is 28.3 Å². The second-order valence-electron chi connectivity index (χ2n) is 8.69. The normalized spacial score (nSPS) is 29.1. The fourth-order valence-corrected chi connectivity index (χ4v) is 6.48. The van der Waals surface area contributed by atoms with Crippen molar-refractivity contribution in [2.24, 2.45) is 23.2 Å². The lowest BCUT2D eigenvalue weighted by Gasteiger charge is -2.55. The molecule has 154 valence electrons. The second-order valence-corrected chi connectivity index (χ2v) is 9.60. The summed E-state index contributed by atoms with van der Waals surface area (Å²) in [6.07, 6.45) is 6.84. The van der Waals surface area contributed by atoms with E-state index in [2.05, 4.69) is 10.6 Å². The molecule has 0 unspecified atom stereocenters. The summed E-state index contributed by atoms with van der Waals surface area (Å²) in [6.45, 7) is -0.185. The summed E-state index contributed by atoms with van der Waals surface area (Å²) in [5, 5.41) is 16.6. The van der Waals surface area contributed by atoms with Crippen molar-refractivity contribution < 1.29 is 19.1 Å². The van der Waals surface area contributed by atoms with E-state index < -0.39 is 18.5 Å². The molecule has 29 heavy (non-hydrogen) atoms. The van der Waals surface area contributed by atoms with Crippen LogP contribution in [0.25, 0.3) is 0 Å². The van der Waals surface area contributed by atoms with E-state index in [9.17, 15) is 14.4 Å². The van der Waals surface area contributed by atoms with Gasteiger partial charge in [-0.1, -0.05) is 0 Å². The van der Waals surface area contributed by atoms with Gasteiger partial charge in [-0.3, -0.25) is 14.4 Å². The number of thiophene rings is 1. The first-order valence-electron chi connectivity index (χ1n) is 10.2. The smallest absolute Gasteiger partial charge is 0.308 e. The number of nitriles is 1. The number of nitrogens with one attached hydrogen (secondary N) is 2. The van der Waals surface area contributed by atoms with Crippen molar-refractivity contribution >= 4 is 34.1 Å². The van der Waals surface area contributed by atoms with Crippen LogP contribution in [-0.2, 0) is 19.1 Å². The van der Waals surface area contributed by atoms with E-state index in [0.717, 1.165) is 19.3 Å². The Labute approximate surface area is 173 Å². The van der Waals surface area contributed by atoms with E-state index in [1.54, 1.807) is 11.4 Å². The van der Waals surface area contributed by atoms with Gasteiger partial charge in [0.25, 0.3) is 5.91 Å². The highest BCUT2D eigenvalue weighted by atomic mass is 32.1. The standard InChI is InChI=1S/C21H25N3O4S/c22-11-16-2-4-29-19(16)24-17(25)12-28-18(26)1-3-23-20(27)21-8-13-5-14(9-21)7-15(6-13)10-21/h2,4,13-15H,1,3,5-10,12H2,(H,23,27)(H,24,25). The highest BCUT2D eigenvalue weighted by Crippen LogP contribution is 2.60. The van der Waals surface area contributed by atoms with Crippen LogP contribution < -0.4 is 10.6 Å². The summed E-state index contributed by atoms with van der Waals surface area (Å²) in [4.78, 5) is 36.6. The van der Waals surface area contributed by atoms with Gasteiger partial charge in [0, 0.05) is 12.0 Å². The van der Waals surface area contributed by atoms with Crippen LogP contribution in [0.1, 0.15) is 50.5 Å². The van der Waals surface area contributed by atoms with Gasteiger partial charge in [0.2, 0.25) is 5.91 Å². The molecule has 1 aromatic rings. The number of rotatable bonds is 7. The van der Waals surface area contributed by atoms with E-state index in [4.69, 9.17) is 10.00 Å². The van der Waals surface area contributed by atoms with Crippen LogP contribution in [-0.4, -0.2) is 30.9 Å². The van der Waals surface area contributed by atoms with Crippen LogP contribution in [0.2, 0.25) is 0 Å². The molecule has 4 aliphatic carbocycles. The zero-order chi connectivity index (χ0) is 20.4. The summed E-state index contributed by atoms with van der Waals surface area (Å²) in [5.41, 5.74) is 0.152. The molecule has 0 spiro atoms. The van der Waals surface area contributed by atoms with Crippen molar-refractivity contribution in [3.8, 4) is 6.07 Å². The molecule has 0 saturated heterocycles. The number of hydrogen-bond donors (Lipinski definition) is 2. The van der Waals surface area contributed by atoms with Crippen molar-refractivity contribution in [2.75, 3.05) is 18.5 Å². The zero-order valence-corrected chi connectivity index (χ0v) is 17.1. The van der Waals surface area contributed by atoms with E-state index >= 15 is 0 Å². The number of ether oxygens (including phenoxy) is 1. The number of carbonyl (C=O) groups excluding carboxylic acids is 3. The lowest BCUT2D eigenvalue weighted by Crippen LogP contribution is -2.53. The summed E-state index contributed by atoms with van der Waals surface area (Å²) >= 11 is 1.23. The monoisotopic (exact) mass is 415 g/mol. The molecule has 0 aromatic carbocycles. The quantitative estimate of drug-likeness (QED) is 0.666. The Kier molecular flexibility index (Phi) is 5.59. The first-order valence-corrected chi connectivity index (χ1v) is 11.1. The number of esters is 1. The molecule has 4 aliphatic rings. The minimum Gasteiger partial charge on any atom is -0.456 e. The average molecular weight is 416 g/mol. The fraction of sp³-hybridized carbons (Fsp3) is 0.619. The van der Waals surface area contributed by atoms with Crippen molar-refractivity contribution in [3.05, 3.63) is 17.0 Å². The molecular weight excluding hydrogens is 390 g/mol. The maximum absolute atomic E-state index is 12.8. The molecule has 2 amide bonds. The Morgan fingerprint density at radius 1 is 1.17 bits per heavy atom. The van der Waals surface area contributed by atoms with Gasteiger partial charge in [-0.2, -0.15) is 5.26 Å². The first kappa shape index (κ1) is 19.9. The van der Waals surface area contributed by atoms with Crippen LogP contribution >= 0.6 is 11.3 Å². The molecule has 0 aliphatic heterocycles. The summed E-state index contributed by atoms with van der Waals surface area (Å²) in [5.74, 6) is 1.15. The Bertz CT molecular complexity index is 821. The molecule has 5 rings (SSSR count). The molecule has 1 aromatic heterocycles. The molecule has 2 N–H and O–H groups in total. The SMILES string of the molecule is N#Cc1ccsc1NC(=O)COC(=O)CCNC(=O)C12CC3CC(CC(C3)C1)C2. The molecule has 4 saturated carbocycles. The Hall–Kier alpha value is -2.40. The third kappa shape index (κ3) is 4.30. The van der Waals surface area contributed by atoms with Gasteiger partial charge in [-0.05, 0) is 67.7 Å². The zero-order valence-electron chi connectivity index (χ0n) is 16.2. The molecular formula is C21H25N3O4S. The van der Waals surface area contributed by atoms with E-state index in [-0.39, 0.29) is 24.3 Å². The predicted octanol–water partition coefficient (Wildman–Crippen LogP) is 2.82. The van der Waals surface area contributed by atoms with E-state index in [1.807, 2.05) is 6.07 Å². The number of amides is 2. The third-order valence-corrected chi connectivity index (χ3v) is 7.37. The minimum absolute atomic E-state index is 0.0355. The summed E-state index contributed by atoms with van der Waals surface area (Å²) < 4.78 is 4.98. The predicted molar refractivity (Wildman–Crippen MR) is 107 cm³/mol. The van der Waals surface area contributed by atoms with E-state index in [1.165, 1.54) is 30.6 Å². The van der Waals surface area contributed by atoms with Crippen molar-refractivity contribution in [1.82, 2.24) is 5.32 Å². The number of nitrogens with zero attached hydrogens (tertiary/aromatic N) is 1. The minimum atomic E-state index is -0.530. The average Bonchev–Trinajstić information content (AvgIpc) is 3.12. The number of anilines is 1. The van der Waals surface area contributed by atoms with Gasteiger partial charge in [0.15, 0.2) is 6.61 Å². The van der Waals surface area contributed by atoms with Crippen LogP contribution in [0, 0.1) is 34.5 Å². The fourth-order valence-electron chi connectivity index (χ4n) is 5.73. The Morgan fingerprint density at radius 2 is 1.83 bits per heavy atom. The number of hydrogen-bond acceptors (Lipinski definition) is 6. The van der Waals surface area contributed by atoms with Crippen LogP contribution in [0.4, 0.5) is 5.00 Å². The van der Waals surface area contributed by atoms with Crippen molar-refractivity contribution in [1.29, 1.82) is 5.26 Å². The van der Waals surface area contributed by atoms with Crippen molar-refractivity contribution in [2.45, 2.75) is 44.9 Å². The van der Waals surface area contributed by atoms with Gasteiger partial charge in [0.05, 0.1) is 12.0 Å². The first-order chi connectivity index (χ1) is 14.0. The molecule has 0 atom stereocenters. The van der Waals surface area contributed by atoms with Crippen molar-refractivity contribution in [3.63, 3.8) is 0 Å². The van der Waals surface area contributed by atoms with Gasteiger partial charge < -0.3 is 15.4 Å². The maximum Gasteiger partial charge on any atom is 0.308 e. The molecule has 7 nitrogen and oxygen atoms in total. The summed E-state index contributed by atoms with van der Waals surface area (Å²) in [7, 11) is 0. The summed E-state index contributed by atoms with van der Waals surface area (Å²) in [6, 6.07) is 3.59. The third-order valence-electron chi connectivity index (χ3n) is 6.54. The second kappa shape index (κ2) is 8.15. The maximum atomic E-state index is 12.8. The Morgan fingerprint density at radius 3 is 2.45 bits per heavy atom. The lowest BCUT2D eigenvalue weighted by molar-refractivity contribution is -0.148. The molecule has 0 radical (unpaired) electrons. The molecule has 4 bridgehead atoms. The lowest BCUT2D eigenvalue weighted by atomic mass is 9.49. The molecule has 8 heteroatoms. The molecule has 4 fully saturated rings. The topological polar surface area (TPSA) is 108 Å². The van der Waals surface area contributed by atoms with Crippen LogP contribution in [0.15, 0.2) is 11.4 Å². The largest absolute Gasteiger partial charge is 0.456 e. The van der Waals surface area contributed by atoms with Gasteiger partial charge in [0.1, 0.15) is 11.1 Å². The molecule has 1 heterocycles. The Balaban J connectivity index is 1.17. The number of carbonyl (C=O) groups is 3. The van der Waals surface area contributed by atoms with Crippen LogP contribution in [0.5, 0.6) is 0 Å². The highest BCUT2D eigenvalue weighted by molar-refractivity contribution is 7.14. The van der Waals surface area contributed by atoms with Gasteiger partial charge in [-0.15, -0.1) is 11.3 Å². The van der Waals surface area contributed by atoms with Crippen LogP contribution in [0.3, 0.4) is 0 Å². The highest BCUT2D eigenvalue weighted by Gasteiger charge is 2.54. The van der Waals surface area contributed by atoms with Gasteiger partial charge >= 0.3 is 5.97 Å². The van der Waals surface area contributed by atoms with Gasteiger partial charge in [-0.25, -0.2) is 0 Å².